The predicted octanol–water partition coefficient (Wildman–Crippen LogP) is -4.44. The molecular weight excluding hydrogens is 348 g/mol. The Morgan fingerprint density at radius 2 is 1.76 bits per heavy atom. The number of aliphatic hydroxyl groups excluding tert-OH is 5. The molecule has 12 nitrogen and oxygen atoms in total. The minimum Gasteiger partial charge on any atom is -0.479 e. The minimum atomic E-state index is -1.93. The van der Waals surface area contributed by atoms with Crippen molar-refractivity contribution in [1.82, 2.24) is 0 Å². The SMILES string of the molecule is CO[C@@H]1OC(C(=O)O)[C@@H](O)C(O[C@@H]2OC(CO)[C@@H](O)C(O)C2=O)[C@@H]1O. The fraction of sp³-hybridized carbons (Fsp3) is 0.846. The fourth-order valence-electron chi connectivity index (χ4n) is 2.61. The number of carbonyl (C=O) groups excluding carboxylic acids is 1. The van der Waals surface area contributed by atoms with Gasteiger partial charge in [-0.05, 0) is 0 Å². The lowest BCUT2D eigenvalue weighted by Crippen LogP contribution is -2.64. The van der Waals surface area contributed by atoms with Gasteiger partial charge in [0.2, 0.25) is 12.1 Å². The van der Waals surface area contributed by atoms with E-state index in [9.17, 15) is 30.0 Å². The van der Waals surface area contributed by atoms with Crippen molar-refractivity contribution in [2.75, 3.05) is 13.7 Å². The Labute approximate surface area is 141 Å². The van der Waals surface area contributed by atoms with Crippen LogP contribution in [0.2, 0.25) is 0 Å². The Morgan fingerprint density at radius 3 is 2.28 bits per heavy atom. The Hall–Kier alpha value is -1.22. The lowest BCUT2D eigenvalue weighted by molar-refractivity contribution is -0.323. The first kappa shape index (κ1) is 20.1. The van der Waals surface area contributed by atoms with Gasteiger partial charge in [-0.1, -0.05) is 0 Å². The van der Waals surface area contributed by atoms with Crippen LogP contribution in [-0.4, -0.2) is 111 Å². The number of aliphatic hydroxyl groups is 5. The van der Waals surface area contributed by atoms with E-state index in [0.717, 1.165) is 7.11 Å². The summed E-state index contributed by atoms with van der Waals surface area (Å²) in [7, 11) is 1.12. The summed E-state index contributed by atoms with van der Waals surface area (Å²) in [6, 6.07) is 0. The second-order valence-corrected chi connectivity index (χ2v) is 5.61. The molecule has 12 heteroatoms. The molecule has 2 aliphatic rings. The molecule has 25 heavy (non-hydrogen) atoms. The van der Waals surface area contributed by atoms with Gasteiger partial charge in [-0.3, -0.25) is 4.79 Å². The van der Waals surface area contributed by atoms with E-state index in [1.807, 2.05) is 0 Å². The summed E-state index contributed by atoms with van der Waals surface area (Å²) < 4.78 is 19.8. The number of aliphatic carboxylic acids is 1. The zero-order valence-electron chi connectivity index (χ0n) is 13.0. The molecule has 0 saturated carbocycles. The first-order valence-electron chi connectivity index (χ1n) is 7.31. The van der Waals surface area contributed by atoms with Crippen molar-refractivity contribution in [1.29, 1.82) is 0 Å². The highest BCUT2D eigenvalue weighted by Crippen LogP contribution is 2.28. The van der Waals surface area contributed by atoms with Gasteiger partial charge >= 0.3 is 5.97 Å². The van der Waals surface area contributed by atoms with Crippen LogP contribution in [0.1, 0.15) is 0 Å². The molecule has 4 unspecified atom stereocenters. The zero-order valence-corrected chi connectivity index (χ0v) is 13.0. The molecule has 2 heterocycles. The number of ketones is 1. The molecule has 6 N–H and O–H groups in total. The van der Waals surface area contributed by atoms with Crippen LogP contribution in [0.3, 0.4) is 0 Å². The molecular formula is C13H20O12. The number of carbonyl (C=O) groups is 2. The molecule has 2 rings (SSSR count). The second-order valence-electron chi connectivity index (χ2n) is 5.61. The molecule has 0 aromatic carbocycles. The smallest absolute Gasteiger partial charge is 0.335 e. The van der Waals surface area contributed by atoms with Gasteiger partial charge in [-0.25, -0.2) is 4.79 Å². The number of rotatable bonds is 5. The van der Waals surface area contributed by atoms with E-state index >= 15 is 0 Å². The van der Waals surface area contributed by atoms with Gasteiger partial charge in [-0.15, -0.1) is 0 Å². The Bertz CT molecular complexity index is 497. The molecule has 144 valence electrons. The fourth-order valence-corrected chi connectivity index (χ4v) is 2.61. The van der Waals surface area contributed by atoms with Gasteiger partial charge in [-0.2, -0.15) is 0 Å². The van der Waals surface area contributed by atoms with Crippen LogP contribution < -0.4 is 0 Å². The number of carboxylic acid groups (broad SMARTS) is 1. The van der Waals surface area contributed by atoms with Gasteiger partial charge in [0, 0.05) is 7.11 Å². The third-order valence-electron chi connectivity index (χ3n) is 4.01. The number of ether oxygens (including phenoxy) is 4. The molecule has 0 amide bonds. The maximum Gasteiger partial charge on any atom is 0.335 e. The van der Waals surface area contributed by atoms with E-state index < -0.39 is 73.7 Å². The minimum absolute atomic E-state index is 0.747. The number of Topliss-reactive ketones (excluding diaryl/α,β-unsaturated/α-hetero) is 1. The summed E-state index contributed by atoms with van der Waals surface area (Å²) in [5.74, 6) is -2.68. The van der Waals surface area contributed by atoms with Crippen LogP contribution in [0.15, 0.2) is 0 Å². The van der Waals surface area contributed by atoms with Gasteiger partial charge in [0.25, 0.3) is 0 Å². The first-order valence-corrected chi connectivity index (χ1v) is 7.31. The van der Waals surface area contributed by atoms with E-state index in [0.29, 0.717) is 0 Å². The lowest BCUT2D eigenvalue weighted by Gasteiger charge is -2.43. The Balaban J connectivity index is 2.20. The number of carboxylic acids is 1. The molecule has 0 radical (unpaired) electrons. The van der Waals surface area contributed by atoms with Crippen LogP contribution in [-0.2, 0) is 28.5 Å². The van der Waals surface area contributed by atoms with Crippen LogP contribution >= 0.6 is 0 Å². The summed E-state index contributed by atoms with van der Waals surface area (Å²) >= 11 is 0. The van der Waals surface area contributed by atoms with Crippen LogP contribution in [0.5, 0.6) is 0 Å². The third kappa shape index (κ3) is 3.81. The molecule has 0 aliphatic carbocycles. The Morgan fingerprint density at radius 1 is 1.12 bits per heavy atom. The van der Waals surface area contributed by atoms with Crippen LogP contribution in [0, 0.1) is 0 Å². The van der Waals surface area contributed by atoms with Crippen molar-refractivity contribution in [2.24, 2.45) is 0 Å². The van der Waals surface area contributed by atoms with Crippen molar-refractivity contribution in [2.45, 2.75) is 55.3 Å². The van der Waals surface area contributed by atoms with Crippen molar-refractivity contribution in [3.05, 3.63) is 0 Å². The summed E-state index contributed by atoms with van der Waals surface area (Å²) in [5.41, 5.74) is 0. The zero-order chi connectivity index (χ0) is 18.9. The second kappa shape index (κ2) is 7.99. The summed E-state index contributed by atoms with van der Waals surface area (Å²) in [5, 5.41) is 57.6. The molecule has 2 saturated heterocycles. The van der Waals surface area contributed by atoms with Crippen molar-refractivity contribution in [3.8, 4) is 0 Å². The molecule has 0 bridgehead atoms. The highest BCUT2D eigenvalue weighted by atomic mass is 16.7. The van der Waals surface area contributed by atoms with Crippen molar-refractivity contribution in [3.63, 3.8) is 0 Å². The average molecular weight is 368 g/mol. The summed E-state index contributed by atoms with van der Waals surface area (Å²) in [6.45, 7) is -0.747. The van der Waals surface area contributed by atoms with Crippen molar-refractivity contribution >= 4 is 11.8 Å². The summed E-state index contributed by atoms with van der Waals surface area (Å²) in [4.78, 5) is 23.1. The maximum atomic E-state index is 12.0. The van der Waals surface area contributed by atoms with E-state index in [-0.39, 0.29) is 0 Å². The molecule has 9 atom stereocenters. The summed E-state index contributed by atoms with van der Waals surface area (Å²) in [6.07, 6.45) is -15.4. The largest absolute Gasteiger partial charge is 0.479 e. The highest BCUT2D eigenvalue weighted by Gasteiger charge is 2.52. The first-order chi connectivity index (χ1) is 11.7. The highest BCUT2D eigenvalue weighted by molar-refractivity contribution is 5.87. The number of methoxy groups -OCH3 is 1. The Kier molecular flexibility index (Phi) is 6.42. The van der Waals surface area contributed by atoms with E-state index in [2.05, 4.69) is 0 Å². The molecule has 0 aromatic heterocycles. The van der Waals surface area contributed by atoms with Crippen LogP contribution in [0.25, 0.3) is 0 Å². The van der Waals surface area contributed by atoms with E-state index in [1.165, 1.54) is 0 Å². The number of hydrogen-bond donors (Lipinski definition) is 6. The van der Waals surface area contributed by atoms with Gasteiger partial charge < -0.3 is 49.6 Å². The molecule has 0 spiro atoms. The monoisotopic (exact) mass is 368 g/mol. The number of hydrogen-bond acceptors (Lipinski definition) is 11. The maximum absolute atomic E-state index is 12.0. The molecule has 2 fully saturated rings. The average Bonchev–Trinajstić information content (AvgIpc) is 2.58. The predicted molar refractivity (Wildman–Crippen MR) is 73.0 cm³/mol. The molecule has 2 aliphatic heterocycles. The van der Waals surface area contributed by atoms with Crippen LogP contribution in [0.4, 0.5) is 0 Å². The van der Waals surface area contributed by atoms with Crippen molar-refractivity contribution < 1.29 is 59.2 Å². The molecule has 0 aromatic rings. The van der Waals surface area contributed by atoms with Gasteiger partial charge in [0.05, 0.1) is 6.61 Å². The van der Waals surface area contributed by atoms with Gasteiger partial charge in [0.15, 0.2) is 12.4 Å². The quantitative estimate of drug-likeness (QED) is 0.273. The van der Waals surface area contributed by atoms with Gasteiger partial charge in [0.1, 0.15) is 36.6 Å². The standard InChI is InChI=1S/C13H20O12/c1-22-12-8(19)9(7(18)10(25-12)11(20)21)24-13-6(17)5(16)4(15)3(2-14)23-13/h3-5,7-10,12-16,18-19H,2H2,1H3,(H,20,21)/t3?,4-,5?,7+,8+,9?,10?,12-,13+/m1/s1. The normalized spacial score (nSPS) is 45.4. The topological polar surface area (TPSA) is 192 Å². The lowest BCUT2D eigenvalue weighted by atomic mass is 9.97. The third-order valence-corrected chi connectivity index (χ3v) is 4.01. The van der Waals surface area contributed by atoms with E-state index in [4.69, 9.17) is 29.2 Å². The van der Waals surface area contributed by atoms with E-state index in [1.54, 1.807) is 0 Å².